The fraction of sp³-hybridized carbons (Fsp3) is 1.00. The average Bonchev–Trinajstić information content (AvgIpc) is 1.65. The smallest absolute Gasteiger partial charge is 0.133 e. The molecule has 0 radical (unpaired) electrons. The first kappa shape index (κ1) is 9.25. The van der Waals surface area contributed by atoms with Crippen LogP contribution in [0, 0.1) is 5.41 Å². The van der Waals surface area contributed by atoms with Gasteiger partial charge in [-0.15, -0.1) is 0 Å². The zero-order valence-electron chi connectivity index (χ0n) is 6.32. The van der Waals surface area contributed by atoms with Crippen molar-refractivity contribution in [3.05, 3.63) is 0 Å². The van der Waals surface area contributed by atoms with E-state index in [4.69, 9.17) is 16.7 Å². The molecule has 0 aliphatic carbocycles. The summed E-state index contributed by atoms with van der Waals surface area (Å²) in [5, 5.41) is 8.98. The molecule has 9 heavy (non-hydrogen) atoms. The lowest BCUT2D eigenvalue weighted by Crippen LogP contribution is -2.23. The predicted octanol–water partition coefficient (Wildman–Crippen LogP) is 2.37. The molecule has 0 spiro atoms. The molecule has 0 rings (SSSR count). The summed E-state index contributed by atoms with van der Waals surface area (Å²) in [6.07, 6.45) is 2.04. The summed E-state index contributed by atoms with van der Waals surface area (Å²) < 4.78 is 0. The summed E-state index contributed by atoms with van der Waals surface area (Å²) in [6.45, 7) is 6.02. The van der Waals surface area contributed by atoms with Crippen molar-refractivity contribution in [3.8, 4) is 0 Å². The molecule has 2 heteroatoms. The number of aliphatic hydroxyl groups excluding tert-OH is 1. The van der Waals surface area contributed by atoms with Crippen molar-refractivity contribution in [2.75, 3.05) is 0 Å². The minimum atomic E-state index is -0.711. The molecular formula is C7H15ClO. The molecule has 0 bridgehead atoms. The third kappa shape index (κ3) is 3.07. The molecule has 0 aliphatic heterocycles. The van der Waals surface area contributed by atoms with Crippen LogP contribution in [-0.2, 0) is 0 Å². The van der Waals surface area contributed by atoms with E-state index >= 15 is 0 Å². The summed E-state index contributed by atoms with van der Waals surface area (Å²) in [5.41, 5.74) is -0.839. The maximum Gasteiger partial charge on any atom is 0.133 e. The normalized spacial score (nSPS) is 15.7. The van der Waals surface area contributed by atoms with Crippen molar-refractivity contribution in [2.45, 2.75) is 39.2 Å². The standard InChI is InChI=1S/C7H15ClO/c1-4-5-7(2,3)6(8)9/h6,9H,4-5H2,1-3H3. The average molecular weight is 151 g/mol. The molecule has 0 saturated heterocycles. The van der Waals surface area contributed by atoms with E-state index in [0.29, 0.717) is 0 Å². The Balaban J connectivity index is 3.70. The second-order valence-electron chi connectivity index (χ2n) is 3.07. The van der Waals surface area contributed by atoms with Gasteiger partial charge < -0.3 is 5.11 Å². The van der Waals surface area contributed by atoms with Gasteiger partial charge in [0.05, 0.1) is 0 Å². The van der Waals surface area contributed by atoms with Gasteiger partial charge in [-0.05, 0) is 6.42 Å². The number of hydrogen-bond acceptors (Lipinski definition) is 1. The topological polar surface area (TPSA) is 20.2 Å². The Labute approximate surface area is 62.0 Å². The molecule has 1 N–H and O–H groups in total. The lowest BCUT2D eigenvalue weighted by atomic mass is 9.89. The maximum absolute atomic E-state index is 8.98. The van der Waals surface area contributed by atoms with Crippen LogP contribution in [-0.4, -0.2) is 10.7 Å². The van der Waals surface area contributed by atoms with Crippen molar-refractivity contribution in [2.24, 2.45) is 5.41 Å². The SMILES string of the molecule is CCCC(C)(C)C(O)Cl. The first-order valence-electron chi connectivity index (χ1n) is 3.33. The zero-order chi connectivity index (χ0) is 7.49. The van der Waals surface area contributed by atoms with Crippen LogP contribution in [0.25, 0.3) is 0 Å². The molecule has 0 aromatic carbocycles. The number of aliphatic hydroxyl groups is 1. The quantitative estimate of drug-likeness (QED) is 0.613. The van der Waals surface area contributed by atoms with Crippen molar-refractivity contribution < 1.29 is 5.11 Å². The Morgan fingerprint density at radius 3 is 2.11 bits per heavy atom. The van der Waals surface area contributed by atoms with Gasteiger partial charge in [0.25, 0.3) is 0 Å². The Hall–Kier alpha value is 0.250. The van der Waals surface area contributed by atoms with E-state index in [1.807, 2.05) is 13.8 Å². The van der Waals surface area contributed by atoms with Crippen LogP contribution >= 0.6 is 11.6 Å². The van der Waals surface area contributed by atoms with Gasteiger partial charge in [0.2, 0.25) is 0 Å². The monoisotopic (exact) mass is 150 g/mol. The van der Waals surface area contributed by atoms with E-state index in [1.54, 1.807) is 0 Å². The van der Waals surface area contributed by atoms with Crippen molar-refractivity contribution in [3.63, 3.8) is 0 Å². The molecule has 0 amide bonds. The molecule has 1 unspecified atom stereocenters. The van der Waals surface area contributed by atoms with E-state index in [1.165, 1.54) is 0 Å². The van der Waals surface area contributed by atoms with Crippen molar-refractivity contribution in [1.29, 1.82) is 0 Å². The Morgan fingerprint density at radius 1 is 1.56 bits per heavy atom. The molecular weight excluding hydrogens is 136 g/mol. The largest absolute Gasteiger partial charge is 0.377 e. The Kier molecular flexibility index (Phi) is 3.52. The van der Waals surface area contributed by atoms with Crippen LogP contribution in [0.15, 0.2) is 0 Å². The minimum absolute atomic E-state index is 0.129. The van der Waals surface area contributed by atoms with Gasteiger partial charge in [-0.3, -0.25) is 0 Å². The van der Waals surface area contributed by atoms with Crippen LogP contribution in [0.3, 0.4) is 0 Å². The highest BCUT2D eigenvalue weighted by molar-refractivity contribution is 6.19. The van der Waals surface area contributed by atoms with E-state index < -0.39 is 5.56 Å². The molecule has 0 aliphatic rings. The highest BCUT2D eigenvalue weighted by atomic mass is 35.5. The van der Waals surface area contributed by atoms with Gasteiger partial charge in [0.15, 0.2) is 0 Å². The summed E-state index contributed by atoms with van der Waals surface area (Å²) >= 11 is 5.50. The molecule has 56 valence electrons. The lowest BCUT2D eigenvalue weighted by molar-refractivity contribution is 0.111. The number of alkyl halides is 1. The Morgan fingerprint density at radius 2 is 2.00 bits per heavy atom. The first-order chi connectivity index (χ1) is 4.00. The molecule has 1 nitrogen and oxygen atoms in total. The fourth-order valence-electron chi connectivity index (χ4n) is 0.763. The summed E-state index contributed by atoms with van der Waals surface area (Å²) in [6, 6.07) is 0. The van der Waals surface area contributed by atoms with Gasteiger partial charge in [-0.1, -0.05) is 38.8 Å². The second-order valence-corrected chi connectivity index (χ2v) is 3.49. The van der Waals surface area contributed by atoms with Crippen LogP contribution in [0.4, 0.5) is 0 Å². The van der Waals surface area contributed by atoms with Crippen LogP contribution in [0.2, 0.25) is 0 Å². The van der Waals surface area contributed by atoms with Crippen LogP contribution in [0.1, 0.15) is 33.6 Å². The number of halogens is 1. The molecule has 0 aromatic rings. The van der Waals surface area contributed by atoms with Gasteiger partial charge >= 0.3 is 0 Å². The first-order valence-corrected chi connectivity index (χ1v) is 3.76. The van der Waals surface area contributed by atoms with Crippen LogP contribution in [0.5, 0.6) is 0 Å². The van der Waals surface area contributed by atoms with Crippen molar-refractivity contribution >= 4 is 11.6 Å². The molecule has 0 heterocycles. The van der Waals surface area contributed by atoms with Gasteiger partial charge in [0.1, 0.15) is 5.56 Å². The minimum Gasteiger partial charge on any atom is -0.377 e. The van der Waals surface area contributed by atoms with Crippen LogP contribution < -0.4 is 0 Å². The van der Waals surface area contributed by atoms with E-state index in [0.717, 1.165) is 12.8 Å². The van der Waals surface area contributed by atoms with Crippen molar-refractivity contribution in [1.82, 2.24) is 0 Å². The van der Waals surface area contributed by atoms with E-state index in [9.17, 15) is 0 Å². The summed E-state index contributed by atoms with van der Waals surface area (Å²) in [5.74, 6) is 0. The predicted molar refractivity (Wildman–Crippen MR) is 40.5 cm³/mol. The maximum atomic E-state index is 8.98. The lowest BCUT2D eigenvalue weighted by Gasteiger charge is -2.25. The molecule has 0 fully saturated rings. The second kappa shape index (κ2) is 3.43. The van der Waals surface area contributed by atoms with Gasteiger partial charge in [0, 0.05) is 5.41 Å². The summed E-state index contributed by atoms with van der Waals surface area (Å²) in [7, 11) is 0. The third-order valence-electron chi connectivity index (χ3n) is 1.54. The summed E-state index contributed by atoms with van der Waals surface area (Å²) in [4.78, 5) is 0. The third-order valence-corrected chi connectivity index (χ3v) is 2.13. The molecule has 0 saturated carbocycles. The number of rotatable bonds is 3. The molecule has 1 atom stereocenters. The highest BCUT2D eigenvalue weighted by Crippen LogP contribution is 2.28. The molecule has 0 aromatic heterocycles. The van der Waals surface area contributed by atoms with E-state index in [2.05, 4.69) is 6.92 Å². The highest BCUT2D eigenvalue weighted by Gasteiger charge is 2.24. The van der Waals surface area contributed by atoms with E-state index in [-0.39, 0.29) is 5.41 Å². The zero-order valence-corrected chi connectivity index (χ0v) is 7.07. The van der Waals surface area contributed by atoms with Gasteiger partial charge in [-0.2, -0.15) is 0 Å². The Bertz CT molecular complexity index is 79.0. The van der Waals surface area contributed by atoms with Gasteiger partial charge in [-0.25, -0.2) is 0 Å². The fourth-order valence-corrected chi connectivity index (χ4v) is 0.873. The number of hydrogen-bond donors (Lipinski definition) is 1.